The normalized spacial score (nSPS) is 17.6. The van der Waals surface area contributed by atoms with Gasteiger partial charge in [-0.25, -0.2) is 4.78 Å². The van der Waals surface area contributed by atoms with Gasteiger partial charge in [-0.2, -0.15) is 5.10 Å². The number of nitrogens with zero attached hydrogens (tertiary/aromatic N) is 3. The summed E-state index contributed by atoms with van der Waals surface area (Å²) < 4.78 is 19.0. The van der Waals surface area contributed by atoms with Crippen LogP contribution in [0.3, 0.4) is 0 Å². The van der Waals surface area contributed by atoms with E-state index in [0.717, 1.165) is 38.9 Å². The molecule has 5 rings (SSSR count). The van der Waals surface area contributed by atoms with Gasteiger partial charge >= 0.3 is 0 Å². The zero-order valence-electron chi connectivity index (χ0n) is 17.9. The summed E-state index contributed by atoms with van der Waals surface area (Å²) in [7, 11) is -3.25. The van der Waals surface area contributed by atoms with Crippen molar-refractivity contribution in [1.82, 2.24) is 4.57 Å². The van der Waals surface area contributed by atoms with E-state index in [1.807, 2.05) is 66.9 Å². The minimum absolute atomic E-state index is 0.779. The first-order chi connectivity index (χ1) is 15.0. The molecule has 0 spiro atoms. The Morgan fingerprint density at radius 3 is 1.97 bits per heavy atom. The van der Waals surface area contributed by atoms with Crippen molar-refractivity contribution in [3.63, 3.8) is 0 Å². The van der Waals surface area contributed by atoms with Crippen molar-refractivity contribution in [2.45, 2.75) is 20.8 Å². The summed E-state index contributed by atoms with van der Waals surface area (Å²) in [6.07, 6.45) is 1.86. The van der Waals surface area contributed by atoms with Crippen LogP contribution in [0.5, 0.6) is 0 Å². The maximum atomic E-state index is 15.1. The van der Waals surface area contributed by atoms with Gasteiger partial charge in [-0.1, -0.05) is 54.1 Å². The number of aromatic nitrogens is 1. The Bertz CT molecular complexity index is 1320. The molecule has 0 bridgehead atoms. The van der Waals surface area contributed by atoms with Crippen LogP contribution in [0, 0.1) is 20.8 Å². The molecule has 1 aromatic heterocycles. The lowest BCUT2D eigenvalue weighted by Gasteiger charge is -2.33. The zero-order chi connectivity index (χ0) is 21.6. The Morgan fingerprint density at radius 2 is 1.32 bits per heavy atom. The summed E-state index contributed by atoms with van der Waals surface area (Å²) in [4.78, 5) is 0. The van der Waals surface area contributed by atoms with Gasteiger partial charge in [0.15, 0.2) is 0 Å². The molecule has 3 aromatic carbocycles. The Hall–Kier alpha value is -3.36. The second-order valence-electron chi connectivity index (χ2n) is 7.89. The third-order valence-corrected chi connectivity index (χ3v) is 8.95. The molecule has 1 aliphatic heterocycles. The number of anilines is 1. The van der Waals surface area contributed by atoms with Crippen LogP contribution in [0.2, 0.25) is 0 Å². The highest BCUT2D eigenvalue weighted by Crippen LogP contribution is 2.54. The summed E-state index contributed by atoms with van der Waals surface area (Å²) in [5.41, 5.74) is 6.06. The van der Waals surface area contributed by atoms with Gasteiger partial charge in [0.05, 0.1) is 17.2 Å². The molecule has 0 amide bonds. The van der Waals surface area contributed by atoms with E-state index in [1.165, 1.54) is 5.56 Å². The molecule has 154 valence electrons. The Balaban J connectivity index is 1.81. The first-order valence-corrected chi connectivity index (χ1v) is 12.0. The van der Waals surface area contributed by atoms with Crippen LogP contribution in [0.15, 0.2) is 90.0 Å². The van der Waals surface area contributed by atoms with Crippen molar-refractivity contribution in [2.75, 3.05) is 4.78 Å². The molecular weight excluding hydrogens is 401 g/mol. The maximum absolute atomic E-state index is 15.1. The van der Waals surface area contributed by atoms with Gasteiger partial charge in [0.25, 0.3) is 7.29 Å². The predicted octanol–water partition coefficient (Wildman–Crippen LogP) is 5.49. The average Bonchev–Trinajstić information content (AvgIpc) is 3.06. The second-order valence-corrected chi connectivity index (χ2v) is 10.4. The smallest absolute Gasteiger partial charge is 0.251 e. The molecule has 1 aliphatic rings. The highest BCUT2D eigenvalue weighted by atomic mass is 31.2. The zero-order valence-corrected chi connectivity index (χ0v) is 18.8. The molecule has 0 aliphatic carbocycles. The number of rotatable bonds is 3. The van der Waals surface area contributed by atoms with E-state index >= 15 is 4.57 Å². The summed E-state index contributed by atoms with van der Waals surface area (Å²) >= 11 is 0. The number of hydrazone groups is 1. The summed E-state index contributed by atoms with van der Waals surface area (Å²) in [6, 6.07) is 27.9. The van der Waals surface area contributed by atoms with Crippen molar-refractivity contribution in [1.29, 1.82) is 0 Å². The van der Waals surface area contributed by atoms with Gasteiger partial charge in [0.1, 0.15) is 0 Å². The second kappa shape index (κ2) is 7.40. The third-order valence-electron chi connectivity index (χ3n) is 5.91. The number of aryl methyl sites for hydroxylation is 1. The predicted molar refractivity (Wildman–Crippen MR) is 130 cm³/mol. The molecule has 4 aromatic rings. The van der Waals surface area contributed by atoms with Gasteiger partial charge in [-0.15, -0.1) is 0 Å². The SMILES string of the molecule is Cc1ccc(-n2c(C)c3c(c2C)P(=O)(c2ccccc2)N(c2ccccc2)N=C3)cc1. The first kappa shape index (κ1) is 19.6. The minimum Gasteiger partial charge on any atom is -0.317 e. The summed E-state index contributed by atoms with van der Waals surface area (Å²) in [5.74, 6) is 0. The van der Waals surface area contributed by atoms with Crippen molar-refractivity contribution >= 4 is 29.8 Å². The third kappa shape index (κ3) is 2.98. The first-order valence-electron chi connectivity index (χ1n) is 10.4. The topological polar surface area (TPSA) is 37.6 Å². The molecule has 0 N–H and O–H groups in total. The molecular formula is C26H24N3OP. The van der Waals surface area contributed by atoms with E-state index in [4.69, 9.17) is 5.10 Å². The molecule has 1 unspecified atom stereocenters. The minimum atomic E-state index is -3.25. The molecule has 0 radical (unpaired) electrons. The van der Waals surface area contributed by atoms with Crippen LogP contribution in [-0.2, 0) is 4.57 Å². The average molecular weight is 425 g/mol. The van der Waals surface area contributed by atoms with Crippen LogP contribution in [0.25, 0.3) is 5.69 Å². The highest BCUT2D eigenvalue weighted by molar-refractivity contribution is 7.80. The van der Waals surface area contributed by atoms with Gasteiger partial charge in [-0.05, 0) is 57.2 Å². The number of fused-ring (bicyclic) bond motifs is 1. The molecule has 4 nitrogen and oxygen atoms in total. The molecule has 2 heterocycles. The van der Waals surface area contributed by atoms with Crippen molar-refractivity contribution in [3.8, 4) is 5.69 Å². The lowest BCUT2D eigenvalue weighted by molar-refractivity contribution is 0.584. The standard InChI is InChI=1S/C26H24N3OP/c1-19-14-16-22(17-15-19)28-20(2)25-18-27-29(23-10-6-4-7-11-23)31(30,26(25)21(28)3)24-12-8-5-9-13-24/h4-18H,1-3H3. The van der Waals surface area contributed by atoms with Crippen molar-refractivity contribution < 1.29 is 4.57 Å². The number of hydrogen-bond donors (Lipinski definition) is 0. The quantitative estimate of drug-likeness (QED) is 0.407. The van der Waals surface area contributed by atoms with Crippen LogP contribution in [0.1, 0.15) is 22.5 Å². The van der Waals surface area contributed by atoms with E-state index in [-0.39, 0.29) is 0 Å². The van der Waals surface area contributed by atoms with Crippen molar-refractivity contribution in [3.05, 3.63) is 107 Å². The Labute approximate surface area is 182 Å². The lowest BCUT2D eigenvalue weighted by atomic mass is 10.2. The van der Waals surface area contributed by atoms with Crippen LogP contribution in [0.4, 0.5) is 5.69 Å². The van der Waals surface area contributed by atoms with E-state index in [0.29, 0.717) is 0 Å². The van der Waals surface area contributed by atoms with Gasteiger partial charge < -0.3 is 4.57 Å². The van der Waals surface area contributed by atoms with Gasteiger partial charge in [0, 0.05) is 27.9 Å². The fourth-order valence-electron chi connectivity index (χ4n) is 4.40. The summed E-state index contributed by atoms with van der Waals surface area (Å²) in [5, 5.41) is 6.36. The largest absolute Gasteiger partial charge is 0.317 e. The van der Waals surface area contributed by atoms with E-state index in [9.17, 15) is 0 Å². The maximum Gasteiger partial charge on any atom is 0.251 e. The molecule has 1 atom stereocenters. The van der Waals surface area contributed by atoms with Crippen LogP contribution < -0.4 is 15.4 Å². The van der Waals surface area contributed by atoms with Gasteiger partial charge in [0.2, 0.25) is 0 Å². The number of para-hydroxylation sites is 1. The van der Waals surface area contributed by atoms with Crippen LogP contribution in [-0.4, -0.2) is 10.8 Å². The monoisotopic (exact) mass is 425 g/mol. The molecule has 0 saturated heterocycles. The van der Waals surface area contributed by atoms with Crippen LogP contribution >= 0.6 is 7.29 Å². The van der Waals surface area contributed by atoms with E-state index in [2.05, 4.69) is 49.6 Å². The lowest BCUT2D eigenvalue weighted by Crippen LogP contribution is -2.34. The molecule has 5 heteroatoms. The van der Waals surface area contributed by atoms with E-state index in [1.54, 1.807) is 4.78 Å². The number of benzene rings is 3. The number of hydrogen-bond acceptors (Lipinski definition) is 2. The summed E-state index contributed by atoms with van der Waals surface area (Å²) in [6.45, 7) is 6.22. The molecule has 0 saturated carbocycles. The fraction of sp³-hybridized carbons (Fsp3) is 0.115. The Kier molecular flexibility index (Phi) is 4.68. The molecule has 31 heavy (non-hydrogen) atoms. The van der Waals surface area contributed by atoms with Crippen molar-refractivity contribution in [2.24, 2.45) is 5.10 Å². The fourth-order valence-corrected chi connectivity index (χ4v) is 7.38. The molecule has 0 fully saturated rings. The van der Waals surface area contributed by atoms with Gasteiger partial charge in [-0.3, -0.25) is 4.57 Å². The Morgan fingerprint density at radius 1 is 0.710 bits per heavy atom. The van der Waals surface area contributed by atoms with E-state index < -0.39 is 7.29 Å². The highest BCUT2D eigenvalue weighted by Gasteiger charge is 2.43.